The SMILES string of the molecule is OC[C@@H]1C[C@H](OCc2ccccc2)CC(OCc2ccccc2)O1. The van der Waals surface area contributed by atoms with Gasteiger partial charge in [-0.05, 0) is 11.1 Å². The second kappa shape index (κ2) is 8.94. The van der Waals surface area contributed by atoms with E-state index < -0.39 is 0 Å². The molecule has 2 aromatic rings. The molecule has 1 N–H and O–H groups in total. The van der Waals surface area contributed by atoms with E-state index in [9.17, 15) is 5.11 Å². The monoisotopic (exact) mass is 328 g/mol. The number of hydrogen-bond acceptors (Lipinski definition) is 4. The van der Waals surface area contributed by atoms with E-state index in [2.05, 4.69) is 0 Å². The van der Waals surface area contributed by atoms with Gasteiger partial charge in [-0.3, -0.25) is 0 Å². The van der Waals surface area contributed by atoms with Crippen molar-refractivity contribution < 1.29 is 19.3 Å². The first kappa shape index (κ1) is 17.1. The molecule has 3 rings (SSSR count). The van der Waals surface area contributed by atoms with Crippen LogP contribution in [-0.2, 0) is 27.4 Å². The Morgan fingerprint density at radius 2 is 1.42 bits per heavy atom. The summed E-state index contributed by atoms with van der Waals surface area (Å²) < 4.78 is 17.7. The third-order valence-electron chi connectivity index (χ3n) is 4.14. The van der Waals surface area contributed by atoms with Crippen molar-refractivity contribution in [3.05, 3.63) is 71.8 Å². The van der Waals surface area contributed by atoms with Crippen LogP contribution in [0.25, 0.3) is 0 Å². The molecule has 0 aliphatic carbocycles. The highest BCUT2D eigenvalue weighted by atomic mass is 16.7. The van der Waals surface area contributed by atoms with Gasteiger partial charge >= 0.3 is 0 Å². The Morgan fingerprint density at radius 1 is 0.833 bits per heavy atom. The maximum atomic E-state index is 9.46. The largest absolute Gasteiger partial charge is 0.394 e. The minimum absolute atomic E-state index is 0.0175. The van der Waals surface area contributed by atoms with Crippen LogP contribution >= 0.6 is 0 Å². The molecule has 4 heteroatoms. The van der Waals surface area contributed by atoms with Gasteiger partial charge in [-0.15, -0.1) is 0 Å². The van der Waals surface area contributed by atoms with Gasteiger partial charge in [0.1, 0.15) is 0 Å². The van der Waals surface area contributed by atoms with Crippen LogP contribution in [0.3, 0.4) is 0 Å². The van der Waals surface area contributed by atoms with Crippen LogP contribution in [0.2, 0.25) is 0 Å². The number of aliphatic hydroxyl groups is 1. The standard InChI is InChI=1S/C20H24O4/c21-13-19-11-18(22-14-16-7-3-1-4-8-16)12-20(24-19)23-15-17-9-5-2-6-10-17/h1-10,18-21H,11-15H2/t18-,19-,20?/m0/s1. The molecule has 1 unspecified atom stereocenters. The molecule has 3 atom stereocenters. The normalized spacial score (nSPS) is 24.0. The van der Waals surface area contributed by atoms with Crippen molar-refractivity contribution in [2.24, 2.45) is 0 Å². The summed E-state index contributed by atoms with van der Waals surface area (Å²) in [6.07, 6.45) is 0.805. The van der Waals surface area contributed by atoms with Crippen molar-refractivity contribution in [2.75, 3.05) is 6.61 Å². The molecule has 0 radical (unpaired) electrons. The number of ether oxygens (including phenoxy) is 3. The van der Waals surface area contributed by atoms with Crippen LogP contribution < -0.4 is 0 Å². The summed E-state index contributed by atoms with van der Waals surface area (Å²) in [5.74, 6) is 0. The zero-order chi connectivity index (χ0) is 16.6. The molecule has 128 valence electrons. The predicted octanol–water partition coefficient (Wildman–Crippen LogP) is 3.29. The van der Waals surface area contributed by atoms with E-state index in [0.29, 0.717) is 26.1 Å². The van der Waals surface area contributed by atoms with Crippen LogP contribution in [-0.4, -0.2) is 30.2 Å². The highest BCUT2D eigenvalue weighted by molar-refractivity contribution is 5.14. The molecule has 1 aliphatic heterocycles. The van der Waals surface area contributed by atoms with Gasteiger partial charge in [-0.2, -0.15) is 0 Å². The lowest BCUT2D eigenvalue weighted by molar-refractivity contribution is -0.233. The lowest BCUT2D eigenvalue weighted by atomic mass is 10.1. The Morgan fingerprint density at radius 3 is 2.00 bits per heavy atom. The van der Waals surface area contributed by atoms with Gasteiger partial charge in [0.05, 0.1) is 32.0 Å². The lowest BCUT2D eigenvalue weighted by Crippen LogP contribution is -2.40. The first-order valence-electron chi connectivity index (χ1n) is 8.41. The Hall–Kier alpha value is -1.72. The molecule has 0 amide bonds. The van der Waals surface area contributed by atoms with Crippen LogP contribution in [0.1, 0.15) is 24.0 Å². The number of benzene rings is 2. The predicted molar refractivity (Wildman–Crippen MR) is 91.2 cm³/mol. The molecular weight excluding hydrogens is 304 g/mol. The van der Waals surface area contributed by atoms with Gasteiger partial charge in [0, 0.05) is 12.8 Å². The minimum atomic E-state index is -0.350. The van der Waals surface area contributed by atoms with Crippen molar-refractivity contribution >= 4 is 0 Å². The summed E-state index contributed by atoms with van der Waals surface area (Å²) in [4.78, 5) is 0. The second-order valence-electron chi connectivity index (χ2n) is 6.06. The molecule has 24 heavy (non-hydrogen) atoms. The fourth-order valence-corrected chi connectivity index (χ4v) is 2.84. The first-order valence-corrected chi connectivity index (χ1v) is 8.41. The smallest absolute Gasteiger partial charge is 0.160 e. The van der Waals surface area contributed by atoms with E-state index in [1.807, 2.05) is 60.7 Å². The van der Waals surface area contributed by atoms with Crippen molar-refractivity contribution in [3.8, 4) is 0 Å². The lowest BCUT2D eigenvalue weighted by Gasteiger charge is -2.34. The highest BCUT2D eigenvalue weighted by Crippen LogP contribution is 2.24. The van der Waals surface area contributed by atoms with Crippen LogP contribution in [0.4, 0.5) is 0 Å². The van der Waals surface area contributed by atoms with Crippen LogP contribution in [0, 0.1) is 0 Å². The molecule has 4 nitrogen and oxygen atoms in total. The van der Waals surface area contributed by atoms with Gasteiger partial charge in [0.25, 0.3) is 0 Å². The molecular formula is C20H24O4. The maximum absolute atomic E-state index is 9.46. The Kier molecular flexibility index (Phi) is 6.38. The van der Waals surface area contributed by atoms with Crippen LogP contribution in [0.15, 0.2) is 60.7 Å². The molecule has 0 saturated carbocycles. The van der Waals surface area contributed by atoms with E-state index in [1.165, 1.54) is 0 Å². The zero-order valence-corrected chi connectivity index (χ0v) is 13.7. The summed E-state index contributed by atoms with van der Waals surface area (Å²) in [6, 6.07) is 20.1. The maximum Gasteiger partial charge on any atom is 0.160 e. The highest BCUT2D eigenvalue weighted by Gasteiger charge is 2.30. The summed E-state index contributed by atoms with van der Waals surface area (Å²) in [5, 5.41) is 9.46. The van der Waals surface area contributed by atoms with Gasteiger partial charge < -0.3 is 19.3 Å². The van der Waals surface area contributed by atoms with Crippen molar-refractivity contribution in [2.45, 2.75) is 44.6 Å². The third kappa shape index (κ3) is 5.14. The van der Waals surface area contributed by atoms with Crippen LogP contribution in [0.5, 0.6) is 0 Å². The average Bonchev–Trinajstić information content (AvgIpc) is 2.66. The van der Waals surface area contributed by atoms with Gasteiger partial charge in [-0.1, -0.05) is 60.7 Å². The molecule has 1 heterocycles. The van der Waals surface area contributed by atoms with E-state index in [0.717, 1.165) is 11.1 Å². The Balaban J connectivity index is 1.51. The topological polar surface area (TPSA) is 47.9 Å². The quantitative estimate of drug-likeness (QED) is 0.847. The number of rotatable bonds is 7. The fraction of sp³-hybridized carbons (Fsp3) is 0.400. The average molecular weight is 328 g/mol. The number of aliphatic hydroxyl groups excluding tert-OH is 1. The van der Waals surface area contributed by atoms with Gasteiger partial charge in [-0.25, -0.2) is 0 Å². The summed E-state index contributed by atoms with van der Waals surface area (Å²) >= 11 is 0. The zero-order valence-electron chi connectivity index (χ0n) is 13.7. The van der Waals surface area contributed by atoms with Gasteiger partial charge in [0.2, 0.25) is 0 Å². The summed E-state index contributed by atoms with van der Waals surface area (Å²) in [7, 11) is 0. The molecule has 0 bridgehead atoms. The van der Waals surface area contributed by atoms with Crippen molar-refractivity contribution in [3.63, 3.8) is 0 Å². The summed E-state index contributed by atoms with van der Waals surface area (Å²) in [6.45, 7) is 1.04. The summed E-state index contributed by atoms with van der Waals surface area (Å²) in [5.41, 5.74) is 2.25. The Bertz CT molecular complexity index is 536. The van der Waals surface area contributed by atoms with E-state index in [4.69, 9.17) is 14.2 Å². The molecule has 1 saturated heterocycles. The minimum Gasteiger partial charge on any atom is -0.394 e. The molecule has 1 aliphatic rings. The molecule has 0 aromatic heterocycles. The van der Waals surface area contributed by atoms with E-state index in [1.54, 1.807) is 0 Å². The van der Waals surface area contributed by atoms with Crippen molar-refractivity contribution in [1.82, 2.24) is 0 Å². The van der Waals surface area contributed by atoms with Gasteiger partial charge in [0.15, 0.2) is 6.29 Å². The van der Waals surface area contributed by atoms with E-state index >= 15 is 0 Å². The molecule has 1 fully saturated rings. The molecule has 2 aromatic carbocycles. The van der Waals surface area contributed by atoms with Crippen molar-refractivity contribution in [1.29, 1.82) is 0 Å². The first-order chi connectivity index (χ1) is 11.8. The fourth-order valence-electron chi connectivity index (χ4n) is 2.84. The van der Waals surface area contributed by atoms with E-state index in [-0.39, 0.29) is 25.1 Å². The Labute approximate surface area is 143 Å². The molecule has 0 spiro atoms. The third-order valence-corrected chi connectivity index (χ3v) is 4.14. The second-order valence-corrected chi connectivity index (χ2v) is 6.06. The number of hydrogen-bond donors (Lipinski definition) is 1.